The molecule has 0 bridgehead atoms. The molecule has 1 aromatic carbocycles. The van der Waals surface area contributed by atoms with Gasteiger partial charge in [0.05, 0.1) is 23.8 Å². The molecular formula is C14H17F3N2O3. The normalized spacial score (nSPS) is 12.4. The van der Waals surface area contributed by atoms with Gasteiger partial charge in [0.1, 0.15) is 0 Å². The van der Waals surface area contributed by atoms with Gasteiger partial charge in [0.25, 0.3) is 0 Å². The van der Waals surface area contributed by atoms with Crippen LogP contribution in [0.4, 0.5) is 23.7 Å². The largest absolute Gasteiger partial charge is 0.466 e. The van der Waals surface area contributed by atoms with E-state index in [0.717, 1.165) is 12.1 Å². The van der Waals surface area contributed by atoms with Crippen LogP contribution in [0, 0.1) is 5.92 Å². The van der Waals surface area contributed by atoms with Crippen LogP contribution < -0.4 is 10.6 Å². The molecule has 8 heteroatoms. The molecule has 0 aliphatic rings. The van der Waals surface area contributed by atoms with E-state index in [1.165, 1.54) is 12.1 Å². The molecule has 0 spiro atoms. The van der Waals surface area contributed by atoms with Gasteiger partial charge in [-0.2, -0.15) is 13.2 Å². The number of amides is 2. The maximum absolute atomic E-state index is 12.8. The quantitative estimate of drug-likeness (QED) is 0.820. The van der Waals surface area contributed by atoms with Crippen molar-refractivity contribution < 1.29 is 27.5 Å². The first kappa shape index (κ1) is 17.8. The fourth-order valence-electron chi connectivity index (χ4n) is 1.62. The zero-order chi connectivity index (χ0) is 16.8. The van der Waals surface area contributed by atoms with Crippen LogP contribution in [-0.4, -0.2) is 25.2 Å². The van der Waals surface area contributed by atoms with Crippen LogP contribution >= 0.6 is 0 Å². The zero-order valence-electron chi connectivity index (χ0n) is 12.2. The van der Waals surface area contributed by atoms with Crippen molar-refractivity contribution in [3.8, 4) is 0 Å². The third-order valence-corrected chi connectivity index (χ3v) is 2.74. The predicted octanol–water partition coefficient (Wildman–Crippen LogP) is 3.03. The Morgan fingerprint density at radius 2 is 1.91 bits per heavy atom. The van der Waals surface area contributed by atoms with E-state index < -0.39 is 29.7 Å². The van der Waals surface area contributed by atoms with Gasteiger partial charge in [0, 0.05) is 6.54 Å². The molecule has 1 atom stereocenters. The molecule has 2 amide bonds. The SMILES string of the molecule is CCOC(=O)[C@H](C)CNC(=O)Nc1ccccc1C(F)(F)F. The Hall–Kier alpha value is -2.25. The van der Waals surface area contributed by atoms with Crippen LogP contribution in [0.3, 0.4) is 0 Å². The monoisotopic (exact) mass is 318 g/mol. The lowest BCUT2D eigenvalue weighted by molar-refractivity contribution is -0.147. The number of carbonyl (C=O) groups excluding carboxylic acids is 2. The van der Waals surface area contributed by atoms with Crippen molar-refractivity contribution in [3.05, 3.63) is 29.8 Å². The van der Waals surface area contributed by atoms with E-state index in [0.29, 0.717) is 0 Å². The van der Waals surface area contributed by atoms with Crippen LogP contribution in [-0.2, 0) is 15.7 Å². The highest BCUT2D eigenvalue weighted by Crippen LogP contribution is 2.34. The fourth-order valence-corrected chi connectivity index (χ4v) is 1.62. The van der Waals surface area contributed by atoms with Gasteiger partial charge in [-0.1, -0.05) is 19.1 Å². The maximum Gasteiger partial charge on any atom is 0.418 e. The molecule has 0 heterocycles. The molecule has 0 fully saturated rings. The van der Waals surface area contributed by atoms with E-state index >= 15 is 0 Å². The topological polar surface area (TPSA) is 67.4 Å². The van der Waals surface area contributed by atoms with E-state index in [-0.39, 0.29) is 18.8 Å². The molecule has 0 radical (unpaired) electrons. The predicted molar refractivity (Wildman–Crippen MR) is 74.3 cm³/mol. The molecule has 0 saturated heterocycles. The molecule has 0 unspecified atom stereocenters. The van der Waals surface area contributed by atoms with Crippen molar-refractivity contribution in [2.75, 3.05) is 18.5 Å². The fraction of sp³-hybridized carbons (Fsp3) is 0.429. The number of urea groups is 1. The van der Waals surface area contributed by atoms with Gasteiger partial charge in [-0.05, 0) is 19.1 Å². The van der Waals surface area contributed by atoms with Crippen molar-refractivity contribution in [3.63, 3.8) is 0 Å². The van der Waals surface area contributed by atoms with Gasteiger partial charge < -0.3 is 15.4 Å². The Balaban J connectivity index is 2.62. The summed E-state index contributed by atoms with van der Waals surface area (Å²) in [6, 6.07) is 3.81. The molecule has 2 N–H and O–H groups in total. The summed E-state index contributed by atoms with van der Waals surface area (Å²) >= 11 is 0. The number of rotatable bonds is 5. The lowest BCUT2D eigenvalue weighted by atomic mass is 10.1. The molecule has 5 nitrogen and oxygen atoms in total. The van der Waals surface area contributed by atoms with Gasteiger partial charge in [0.15, 0.2) is 0 Å². The second-order valence-corrected chi connectivity index (χ2v) is 4.53. The van der Waals surface area contributed by atoms with E-state index in [9.17, 15) is 22.8 Å². The third kappa shape index (κ3) is 5.27. The number of halogens is 3. The number of hydrogen-bond acceptors (Lipinski definition) is 3. The molecule has 1 rings (SSSR count). The third-order valence-electron chi connectivity index (χ3n) is 2.74. The molecule has 0 aliphatic carbocycles. The van der Waals surface area contributed by atoms with Crippen LogP contribution in [0.25, 0.3) is 0 Å². The second kappa shape index (κ2) is 7.67. The van der Waals surface area contributed by atoms with Crippen molar-refractivity contribution in [1.82, 2.24) is 5.32 Å². The van der Waals surface area contributed by atoms with E-state index in [1.54, 1.807) is 13.8 Å². The minimum absolute atomic E-state index is 0.0428. The Labute approximate surface area is 125 Å². The number of ether oxygens (including phenoxy) is 1. The summed E-state index contributed by atoms with van der Waals surface area (Å²) < 4.78 is 43.1. The lowest BCUT2D eigenvalue weighted by Crippen LogP contribution is -2.35. The number of hydrogen-bond donors (Lipinski definition) is 2. The van der Waals surface area contributed by atoms with Gasteiger partial charge in [-0.15, -0.1) is 0 Å². The van der Waals surface area contributed by atoms with Crippen molar-refractivity contribution in [2.24, 2.45) is 5.92 Å². The Morgan fingerprint density at radius 3 is 2.50 bits per heavy atom. The smallest absolute Gasteiger partial charge is 0.418 e. The summed E-state index contributed by atoms with van der Waals surface area (Å²) in [5, 5.41) is 4.45. The van der Waals surface area contributed by atoms with Crippen LogP contribution in [0.5, 0.6) is 0 Å². The second-order valence-electron chi connectivity index (χ2n) is 4.53. The minimum Gasteiger partial charge on any atom is -0.466 e. The lowest BCUT2D eigenvalue weighted by Gasteiger charge is -2.15. The van der Waals surface area contributed by atoms with Gasteiger partial charge >= 0.3 is 18.2 Å². The van der Waals surface area contributed by atoms with Crippen LogP contribution in [0.2, 0.25) is 0 Å². The summed E-state index contributed by atoms with van der Waals surface area (Å²) in [6.07, 6.45) is -4.57. The molecule has 0 aliphatic heterocycles. The van der Waals surface area contributed by atoms with Gasteiger partial charge in [-0.3, -0.25) is 4.79 Å². The highest BCUT2D eigenvalue weighted by Gasteiger charge is 2.33. The Morgan fingerprint density at radius 1 is 1.27 bits per heavy atom. The minimum atomic E-state index is -4.57. The van der Waals surface area contributed by atoms with Crippen LogP contribution in [0.1, 0.15) is 19.4 Å². The molecule has 0 aromatic heterocycles. The number of anilines is 1. The first-order valence-corrected chi connectivity index (χ1v) is 6.63. The average Bonchev–Trinajstić information content (AvgIpc) is 2.44. The molecule has 122 valence electrons. The first-order valence-electron chi connectivity index (χ1n) is 6.63. The zero-order valence-corrected chi connectivity index (χ0v) is 12.2. The number of esters is 1. The Kier molecular flexibility index (Phi) is 6.21. The summed E-state index contributed by atoms with van der Waals surface area (Å²) in [5.41, 5.74) is -1.29. The highest BCUT2D eigenvalue weighted by atomic mass is 19.4. The first-order chi connectivity index (χ1) is 10.3. The number of benzene rings is 1. The molecular weight excluding hydrogens is 301 g/mol. The average molecular weight is 318 g/mol. The van der Waals surface area contributed by atoms with Crippen molar-refractivity contribution in [1.29, 1.82) is 0 Å². The standard InChI is InChI=1S/C14H17F3N2O3/c1-3-22-12(20)9(2)8-18-13(21)19-11-7-5-4-6-10(11)14(15,16)17/h4-7,9H,3,8H2,1-2H3,(H2,18,19,21)/t9-/m1/s1. The number of nitrogens with one attached hydrogen (secondary N) is 2. The summed E-state index contributed by atoms with van der Waals surface area (Å²) in [6.45, 7) is 3.37. The van der Waals surface area contributed by atoms with E-state index in [4.69, 9.17) is 4.74 Å². The summed E-state index contributed by atoms with van der Waals surface area (Å²) in [5.74, 6) is -1.08. The summed E-state index contributed by atoms with van der Waals surface area (Å²) in [4.78, 5) is 23.0. The van der Waals surface area contributed by atoms with E-state index in [2.05, 4.69) is 10.6 Å². The maximum atomic E-state index is 12.8. The van der Waals surface area contributed by atoms with Crippen molar-refractivity contribution >= 4 is 17.7 Å². The number of alkyl halides is 3. The van der Waals surface area contributed by atoms with Crippen LogP contribution in [0.15, 0.2) is 24.3 Å². The number of carbonyl (C=O) groups is 2. The molecule has 1 aromatic rings. The molecule has 0 saturated carbocycles. The van der Waals surface area contributed by atoms with Gasteiger partial charge in [0.2, 0.25) is 0 Å². The van der Waals surface area contributed by atoms with Gasteiger partial charge in [-0.25, -0.2) is 4.79 Å². The number of para-hydroxylation sites is 1. The summed E-state index contributed by atoms with van der Waals surface area (Å²) in [7, 11) is 0. The Bertz CT molecular complexity index is 532. The molecule has 22 heavy (non-hydrogen) atoms. The van der Waals surface area contributed by atoms with E-state index in [1.807, 2.05) is 0 Å². The van der Waals surface area contributed by atoms with Crippen molar-refractivity contribution in [2.45, 2.75) is 20.0 Å². The highest BCUT2D eigenvalue weighted by molar-refractivity contribution is 5.90.